The Morgan fingerprint density at radius 2 is 2.14 bits per heavy atom. The van der Waals surface area contributed by atoms with Gasteiger partial charge >= 0.3 is 0 Å². The summed E-state index contributed by atoms with van der Waals surface area (Å²) in [5, 5.41) is 9.14. The van der Waals surface area contributed by atoms with Gasteiger partial charge in [0, 0.05) is 6.04 Å². The first-order valence-electron chi connectivity index (χ1n) is 4.98. The minimum atomic E-state index is -0.290. The number of hydrogen-bond donors (Lipinski definition) is 1. The Balaban J connectivity index is 2.15. The van der Waals surface area contributed by atoms with E-state index < -0.39 is 0 Å². The fourth-order valence-electron chi connectivity index (χ4n) is 2.02. The third-order valence-corrected chi connectivity index (χ3v) is 3.20. The van der Waals surface area contributed by atoms with Gasteiger partial charge in [0.15, 0.2) is 0 Å². The van der Waals surface area contributed by atoms with Gasteiger partial charge in [0.05, 0.1) is 11.5 Å². The van der Waals surface area contributed by atoms with Crippen molar-refractivity contribution in [3.8, 4) is 6.07 Å². The molecule has 1 saturated carbocycles. The number of benzene rings is 1. The Hall–Kier alpha value is -1.33. The van der Waals surface area contributed by atoms with Crippen molar-refractivity contribution >= 4 is 0 Å². The predicted octanol–water partition coefficient (Wildman–Crippen LogP) is 1.86. The van der Waals surface area contributed by atoms with E-state index in [9.17, 15) is 0 Å². The minimum absolute atomic E-state index is 0.0627. The van der Waals surface area contributed by atoms with Crippen molar-refractivity contribution in [2.24, 2.45) is 11.1 Å². The summed E-state index contributed by atoms with van der Waals surface area (Å²) in [5.74, 6) is 0. The van der Waals surface area contributed by atoms with Crippen LogP contribution in [0.2, 0.25) is 0 Å². The molecular formula is C12H14N2. The van der Waals surface area contributed by atoms with Gasteiger partial charge in [0.25, 0.3) is 0 Å². The molecule has 2 rings (SSSR count). The van der Waals surface area contributed by atoms with Crippen molar-refractivity contribution < 1.29 is 0 Å². The third kappa shape index (κ3) is 1.40. The Morgan fingerprint density at radius 1 is 1.43 bits per heavy atom. The van der Waals surface area contributed by atoms with E-state index >= 15 is 0 Å². The van der Waals surface area contributed by atoms with Gasteiger partial charge in [-0.15, -0.1) is 0 Å². The Kier molecular flexibility index (Phi) is 2.26. The lowest BCUT2D eigenvalue weighted by molar-refractivity contribution is 0.165. The molecule has 72 valence electrons. The van der Waals surface area contributed by atoms with Gasteiger partial charge in [-0.25, -0.2) is 0 Å². The average Bonchev–Trinajstić information content (AvgIpc) is 2.25. The molecule has 0 saturated heterocycles. The maximum absolute atomic E-state index is 9.14. The van der Waals surface area contributed by atoms with Crippen LogP contribution in [-0.4, -0.2) is 6.04 Å². The normalized spacial score (nSPS) is 30.4. The SMILES string of the molecule is N#CC1(Cc2ccccc2)CCC1N. The molecule has 0 aromatic heterocycles. The Bertz CT molecular complexity index is 352. The number of nitrogens with zero attached hydrogens (tertiary/aromatic N) is 1. The van der Waals surface area contributed by atoms with Crippen molar-refractivity contribution in [2.75, 3.05) is 0 Å². The van der Waals surface area contributed by atoms with Crippen LogP contribution in [0.1, 0.15) is 18.4 Å². The summed E-state index contributed by atoms with van der Waals surface area (Å²) in [7, 11) is 0. The molecular weight excluding hydrogens is 172 g/mol. The van der Waals surface area contributed by atoms with Crippen LogP contribution in [0.25, 0.3) is 0 Å². The second-order valence-corrected chi connectivity index (χ2v) is 4.08. The zero-order chi connectivity index (χ0) is 10.0. The van der Waals surface area contributed by atoms with E-state index in [1.807, 2.05) is 18.2 Å². The molecule has 1 aliphatic carbocycles. The minimum Gasteiger partial charge on any atom is -0.326 e. The summed E-state index contributed by atoms with van der Waals surface area (Å²) in [4.78, 5) is 0. The Labute approximate surface area is 84.3 Å². The molecule has 14 heavy (non-hydrogen) atoms. The van der Waals surface area contributed by atoms with E-state index in [1.165, 1.54) is 5.56 Å². The van der Waals surface area contributed by atoms with Gasteiger partial charge in [0.1, 0.15) is 0 Å². The molecule has 2 atom stereocenters. The average molecular weight is 186 g/mol. The van der Waals surface area contributed by atoms with E-state index in [2.05, 4.69) is 18.2 Å². The number of hydrogen-bond acceptors (Lipinski definition) is 2. The molecule has 0 heterocycles. The van der Waals surface area contributed by atoms with Crippen LogP contribution in [0.5, 0.6) is 0 Å². The molecule has 0 bridgehead atoms. The highest BCUT2D eigenvalue weighted by Crippen LogP contribution is 2.41. The largest absolute Gasteiger partial charge is 0.326 e. The lowest BCUT2D eigenvalue weighted by Gasteiger charge is -2.42. The second kappa shape index (κ2) is 3.43. The lowest BCUT2D eigenvalue weighted by Crippen LogP contribution is -2.51. The van der Waals surface area contributed by atoms with Gasteiger partial charge in [0.2, 0.25) is 0 Å². The highest BCUT2D eigenvalue weighted by atomic mass is 14.7. The number of nitrogens with two attached hydrogens (primary N) is 1. The monoisotopic (exact) mass is 186 g/mol. The fraction of sp³-hybridized carbons (Fsp3) is 0.417. The van der Waals surface area contributed by atoms with Crippen molar-refractivity contribution in [2.45, 2.75) is 25.3 Å². The molecule has 0 spiro atoms. The summed E-state index contributed by atoms with van der Waals surface area (Å²) in [6.07, 6.45) is 2.73. The van der Waals surface area contributed by atoms with E-state index in [4.69, 9.17) is 11.0 Å². The molecule has 0 aliphatic heterocycles. The van der Waals surface area contributed by atoms with Crippen LogP contribution in [0.15, 0.2) is 30.3 Å². The molecule has 2 nitrogen and oxygen atoms in total. The Morgan fingerprint density at radius 3 is 2.57 bits per heavy atom. The predicted molar refractivity (Wildman–Crippen MR) is 55.4 cm³/mol. The van der Waals surface area contributed by atoms with Crippen LogP contribution < -0.4 is 5.73 Å². The first-order chi connectivity index (χ1) is 6.77. The van der Waals surface area contributed by atoms with Gasteiger partial charge in [-0.2, -0.15) is 5.26 Å². The first kappa shape index (κ1) is 9.23. The standard InChI is InChI=1S/C12H14N2/c13-9-12(7-6-11(12)14)8-10-4-2-1-3-5-10/h1-5,11H,6-8,14H2. The molecule has 2 unspecified atom stereocenters. The zero-order valence-corrected chi connectivity index (χ0v) is 8.11. The summed E-state index contributed by atoms with van der Waals surface area (Å²) in [6, 6.07) is 12.6. The summed E-state index contributed by atoms with van der Waals surface area (Å²) < 4.78 is 0. The highest BCUT2D eigenvalue weighted by Gasteiger charge is 2.44. The second-order valence-electron chi connectivity index (χ2n) is 4.08. The molecule has 1 fully saturated rings. The first-order valence-corrected chi connectivity index (χ1v) is 4.98. The van der Waals surface area contributed by atoms with Gasteiger partial charge in [-0.1, -0.05) is 30.3 Å². The number of nitriles is 1. The molecule has 2 heteroatoms. The maximum atomic E-state index is 9.14. The van der Waals surface area contributed by atoms with E-state index in [0.29, 0.717) is 0 Å². The van der Waals surface area contributed by atoms with Crippen LogP contribution >= 0.6 is 0 Å². The topological polar surface area (TPSA) is 49.8 Å². The maximum Gasteiger partial charge on any atom is 0.0765 e. The molecule has 0 radical (unpaired) electrons. The van der Waals surface area contributed by atoms with Crippen LogP contribution in [-0.2, 0) is 6.42 Å². The van der Waals surface area contributed by atoms with E-state index in [1.54, 1.807) is 0 Å². The fourth-order valence-corrected chi connectivity index (χ4v) is 2.02. The molecule has 2 N–H and O–H groups in total. The van der Waals surface area contributed by atoms with Crippen molar-refractivity contribution in [1.29, 1.82) is 5.26 Å². The van der Waals surface area contributed by atoms with Crippen LogP contribution in [0, 0.1) is 16.7 Å². The quantitative estimate of drug-likeness (QED) is 0.766. The van der Waals surface area contributed by atoms with Gasteiger partial charge in [-0.3, -0.25) is 0 Å². The van der Waals surface area contributed by atoms with Crippen LogP contribution in [0.3, 0.4) is 0 Å². The van der Waals surface area contributed by atoms with E-state index in [-0.39, 0.29) is 11.5 Å². The third-order valence-electron chi connectivity index (χ3n) is 3.20. The van der Waals surface area contributed by atoms with Crippen molar-refractivity contribution in [1.82, 2.24) is 0 Å². The van der Waals surface area contributed by atoms with Gasteiger partial charge < -0.3 is 5.73 Å². The molecule has 0 amide bonds. The lowest BCUT2D eigenvalue weighted by atomic mass is 9.63. The zero-order valence-electron chi connectivity index (χ0n) is 8.11. The van der Waals surface area contributed by atoms with Crippen LogP contribution in [0.4, 0.5) is 0 Å². The molecule has 1 aromatic rings. The van der Waals surface area contributed by atoms with Crippen molar-refractivity contribution in [3.05, 3.63) is 35.9 Å². The van der Waals surface area contributed by atoms with Gasteiger partial charge in [-0.05, 0) is 24.8 Å². The smallest absolute Gasteiger partial charge is 0.0765 e. The highest BCUT2D eigenvalue weighted by molar-refractivity contribution is 5.23. The van der Waals surface area contributed by atoms with Crippen molar-refractivity contribution in [3.63, 3.8) is 0 Å². The summed E-state index contributed by atoms with van der Waals surface area (Å²) in [5.41, 5.74) is 6.82. The molecule has 1 aromatic carbocycles. The summed E-state index contributed by atoms with van der Waals surface area (Å²) >= 11 is 0. The summed E-state index contributed by atoms with van der Waals surface area (Å²) in [6.45, 7) is 0. The molecule has 1 aliphatic rings. The van der Waals surface area contributed by atoms with E-state index in [0.717, 1.165) is 19.3 Å². The number of rotatable bonds is 2.